The molecule has 0 radical (unpaired) electrons. The number of hydrogen-bond acceptors (Lipinski definition) is 2. The molecule has 0 spiro atoms. The van der Waals surface area contributed by atoms with Gasteiger partial charge >= 0.3 is 0 Å². The smallest absolute Gasteiger partial charge is 0.224 e. The minimum absolute atomic E-state index is 0.00272. The van der Waals surface area contributed by atoms with Gasteiger partial charge in [0.25, 0.3) is 0 Å². The fourth-order valence-corrected chi connectivity index (χ4v) is 3.28. The Labute approximate surface area is 135 Å². The SMILES string of the molecule is O=C(NCc1ccccc1F)C1CC1C(=O)NC1CCCCC1. The largest absolute Gasteiger partial charge is 0.353 e. The third kappa shape index (κ3) is 4.09. The lowest BCUT2D eigenvalue weighted by atomic mass is 9.95. The second-order valence-electron chi connectivity index (χ2n) is 6.60. The highest BCUT2D eigenvalue weighted by Gasteiger charge is 2.48. The second-order valence-corrected chi connectivity index (χ2v) is 6.60. The van der Waals surface area contributed by atoms with Gasteiger partial charge in [-0.1, -0.05) is 37.5 Å². The summed E-state index contributed by atoms with van der Waals surface area (Å²) in [7, 11) is 0. The molecule has 2 saturated carbocycles. The molecule has 5 heteroatoms. The van der Waals surface area contributed by atoms with Crippen LogP contribution in [0.25, 0.3) is 0 Å². The molecule has 3 rings (SSSR count). The summed E-state index contributed by atoms with van der Waals surface area (Å²) in [5, 5.41) is 5.80. The molecule has 2 amide bonds. The highest BCUT2D eigenvalue weighted by Crippen LogP contribution is 2.39. The van der Waals surface area contributed by atoms with Crippen LogP contribution in [0.3, 0.4) is 0 Å². The number of carbonyl (C=O) groups excluding carboxylic acids is 2. The van der Waals surface area contributed by atoms with Gasteiger partial charge in [-0.25, -0.2) is 4.39 Å². The number of rotatable bonds is 5. The summed E-state index contributed by atoms with van der Waals surface area (Å²) < 4.78 is 13.5. The predicted octanol–water partition coefficient (Wildman–Crippen LogP) is 2.53. The lowest BCUT2D eigenvalue weighted by molar-refractivity contribution is -0.127. The molecule has 2 atom stereocenters. The molecule has 2 N–H and O–H groups in total. The molecule has 4 nitrogen and oxygen atoms in total. The first-order chi connectivity index (χ1) is 11.1. The molecule has 0 saturated heterocycles. The molecule has 1 aromatic carbocycles. The minimum atomic E-state index is -0.324. The maximum atomic E-state index is 13.5. The maximum absolute atomic E-state index is 13.5. The highest BCUT2D eigenvalue weighted by atomic mass is 19.1. The van der Waals surface area contributed by atoms with Crippen molar-refractivity contribution in [3.05, 3.63) is 35.6 Å². The van der Waals surface area contributed by atoms with Gasteiger partial charge < -0.3 is 10.6 Å². The lowest BCUT2D eigenvalue weighted by Gasteiger charge is -2.22. The molecule has 2 aliphatic carbocycles. The quantitative estimate of drug-likeness (QED) is 0.876. The predicted molar refractivity (Wildman–Crippen MR) is 84.9 cm³/mol. The molecule has 2 unspecified atom stereocenters. The topological polar surface area (TPSA) is 58.2 Å². The van der Waals surface area contributed by atoms with Gasteiger partial charge in [-0.05, 0) is 25.3 Å². The highest BCUT2D eigenvalue weighted by molar-refractivity contribution is 5.92. The van der Waals surface area contributed by atoms with E-state index in [1.807, 2.05) is 0 Å². The van der Waals surface area contributed by atoms with Crippen molar-refractivity contribution in [2.45, 2.75) is 51.1 Å². The standard InChI is InChI=1S/C18H23FN2O2/c19-16-9-5-4-6-12(16)11-20-17(22)14-10-15(14)18(23)21-13-7-2-1-3-8-13/h4-6,9,13-15H,1-3,7-8,10-11H2,(H,20,22)(H,21,23). The summed E-state index contributed by atoms with van der Waals surface area (Å²) in [6, 6.07) is 6.66. The number of hydrogen-bond donors (Lipinski definition) is 2. The first-order valence-corrected chi connectivity index (χ1v) is 8.46. The Hall–Kier alpha value is -1.91. The zero-order valence-electron chi connectivity index (χ0n) is 13.2. The number of benzene rings is 1. The van der Waals surface area contributed by atoms with E-state index in [1.165, 1.54) is 25.3 Å². The summed E-state index contributed by atoms with van der Waals surface area (Å²) in [5.41, 5.74) is 0.463. The molecule has 0 aliphatic heterocycles. The van der Waals surface area contributed by atoms with Crippen molar-refractivity contribution in [2.24, 2.45) is 11.8 Å². The Bertz CT molecular complexity index is 584. The van der Waals surface area contributed by atoms with Crippen LogP contribution in [0.5, 0.6) is 0 Å². The van der Waals surface area contributed by atoms with E-state index in [0.29, 0.717) is 12.0 Å². The van der Waals surface area contributed by atoms with Gasteiger partial charge in [-0.3, -0.25) is 9.59 Å². The summed E-state index contributed by atoms with van der Waals surface area (Å²) in [5.74, 6) is -0.946. The Balaban J connectivity index is 1.43. The van der Waals surface area contributed by atoms with E-state index in [-0.39, 0.29) is 42.1 Å². The van der Waals surface area contributed by atoms with E-state index < -0.39 is 0 Å². The molecule has 23 heavy (non-hydrogen) atoms. The van der Waals surface area contributed by atoms with Gasteiger partial charge in [0.05, 0.1) is 11.8 Å². The van der Waals surface area contributed by atoms with Crippen molar-refractivity contribution < 1.29 is 14.0 Å². The van der Waals surface area contributed by atoms with Crippen molar-refractivity contribution >= 4 is 11.8 Å². The summed E-state index contributed by atoms with van der Waals surface area (Å²) in [6.45, 7) is 0.166. The zero-order valence-corrected chi connectivity index (χ0v) is 13.2. The third-order valence-corrected chi connectivity index (χ3v) is 4.83. The fraction of sp³-hybridized carbons (Fsp3) is 0.556. The molecule has 0 aromatic heterocycles. The van der Waals surface area contributed by atoms with Gasteiger partial charge in [0, 0.05) is 18.2 Å². The first-order valence-electron chi connectivity index (χ1n) is 8.46. The molecular formula is C18H23FN2O2. The summed E-state index contributed by atoms with van der Waals surface area (Å²) in [6.07, 6.45) is 6.27. The number of halogens is 1. The van der Waals surface area contributed by atoms with E-state index >= 15 is 0 Å². The second kappa shape index (κ2) is 7.11. The first kappa shape index (κ1) is 16.0. The van der Waals surface area contributed by atoms with Crippen LogP contribution in [0, 0.1) is 17.7 Å². The summed E-state index contributed by atoms with van der Waals surface area (Å²) >= 11 is 0. The molecule has 2 fully saturated rings. The van der Waals surface area contributed by atoms with Crippen LogP contribution in [-0.2, 0) is 16.1 Å². The van der Waals surface area contributed by atoms with Crippen LogP contribution < -0.4 is 10.6 Å². The molecule has 0 bridgehead atoms. The number of carbonyl (C=O) groups is 2. The Morgan fingerprint density at radius 3 is 2.48 bits per heavy atom. The van der Waals surface area contributed by atoms with Gasteiger partial charge in [0.15, 0.2) is 0 Å². The average Bonchev–Trinajstić information content (AvgIpc) is 3.36. The molecular weight excluding hydrogens is 295 g/mol. The van der Waals surface area contributed by atoms with Crippen LogP contribution in [0.2, 0.25) is 0 Å². The third-order valence-electron chi connectivity index (χ3n) is 4.83. The normalized spacial score (nSPS) is 24.0. The monoisotopic (exact) mass is 318 g/mol. The fourth-order valence-electron chi connectivity index (χ4n) is 3.28. The van der Waals surface area contributed by atoms with Crippen LogP contribution in [0.15, 0.2) is 24.3 Å². The lowest BCUT2D eigenvalue weighted by Crippen LogP contribution is -2.38. The summed E-state index contributed by atoms with van der Waals surface area (Å²) in [4.78, 5) is 24.2. The Kier molecular flexibility index (Phi) is 4.94. The van der Waals surface area contributed by atoms with Crippen molar-refractivity contribution in [2.75, 3.05) is 0 Å². The number of amides is 2. The Morgan fingerprint density at radius 2 is 1.74 bits per heavy atom. The van der Waals surface area contributed by atoms with E-state index in [2.05, 4.69) is 10.6 Å². The average molecular weight is 318 g/mol. The van der Waals surface area contributed by atoms with Crippen LogP contribution in [-0.4, -0.2) is 17.9 Å². The molecule has 0 heterocycles. The molecule has 1 aromatic rings. The van der Waals surface area contributed by atoms with Crippen molar-refractivity contribution in [3.63, 3.8) is 0 Å². The van der Waals surface area contributed by atoms with Crippen LogP contribution >= 0.6 is 0 Å². The van der Waals surface area contributed by atoms with Gasteiger partial charge in [0.1, 0.15) is 5.82 Å². The van der Waals surface area contributed by atoms with Crippen molar-refractivity contribution in [1.82, 2.24) is 10.6 Å². The van der Waals surface area contributed by atoms with E-state index in [0.717, 1.165) is 12.8 Å². The van der Waals surface area contributed by atoms with Crippen molar-refractivity contribution in [1.29, 1.82) is 0 Å². The molecule has 124 valence electrons. The van der Waals surface area contributed by atoms with Gasteiger partial charge in [0.2, 0.25) is 11.8 Å². The van der Waals surface area contributed by atoms with E-state index in [1.54, 1.807) is 18.2 Å². The van der Waals surface area contributed by atoms with Crippen LogP contribution in [0.1, 0.15) is 44.1 Å². The zero-order chi connectivity index (χ0) is 16.2. The minimum Gasteiger partial charge on any atom is -0.353 e. The van der Waals surface area contributed by atoms with Crippen molar-refractivity contribution in [3.8, 4) is 0 Å². The van der Waals surface area contributed by atoms with Gasteiger partial charge in [-0.2, -0.15) is 0 Å². The molecule has 2 aliphatic rings. The van der Waals surface area contributed by atoms with E-state index in [4.69, 9.17) is 0 Å². The Morgan fingerprint density at radius 1 is 1.04 bits per heavy atom. The maximum Gasteiger partial charge on any atom is 0.224 e. The van der Waals surface area contributed by atoms with Gasteiger partial charge in [-0.15, -0.1) is 0 Å². The number of nitrogens with one attached hydrogen (secondary N) is 2. The van der Waals surface area contributed by atoms with Crippen LogP contribution in [0.4, 0.5) is 4.39 Å². The van der Waals surface area contributed by atoms with E-state index in [9.17, 15) is 14.0 Å².